The van der Waals surface area contributed by atoms with Crippen molar-refractivity contribution in [2.45, 2.75) is 25.5 Å². The molecule has 2 aromatic carbocycles. The van der Waals surface area contributed by atoms with Crippen LogP contribution in [0.25, 0.3) is 16.8 Å². The van der Waals surface area contributed by atoms with Gasteiger partial charge >= 0.3 is 0 Å². The Labute approximate surface area is 199 Å². The van der Waals surface area contributed by atoms with Crippen molar-refractivity contribution >= 4 is 29.1 Å². The molecule has 0 aliphatic heterocycles. The Bertz CT molecular complexity index is 1340. The summed E-state index contributed by atoms with van der Waals surface area (Å²) in [7, 11) is 0. The van der Waals surface area contributed by atoms with Crippen LogP contribution in [0.2, 0.25) is 5.02 Å². The van der Waals surface area contributed by atoms with Crippen LogP contribution in [0.15, 0.2) is 54.7 Å². The first kappa shape index (κ1) is 23.6. The molecule has 0 saturated heterocycles. The molecular weight excluding hydrogens is 464 g/mol. The third-order valence-electron chi connectivity index (χ3n) is 5.53. The number of halogens is 3. The number of aliphatic hydroxyl groups is 1. The third-order valence-corrected chi connectivity index (χ3v) is 5.78. The van der Waals surface area contributed by atoms with Crippen LogP contribution in [-0.2, 0) is 0 Å². The molecule has 0 aliphatic carbocycles. The molecule has 0 unspecified atom stereocenters. The molecule has 0 aliphatic rings. The van der Waals surface area contributed by atoms with Gasteiger partial charge in [-0.15, -0.1) is 5.10 Å². The SMILES string of the molecule is Cc1ccc(-c2ccn3nc(N)nc3c2)c(F)c1C(=O)N[C@H](CF)C[C@@H](O)c1ccc(Cl)cc1. The van der Waals surface area contributed by atoms with Crippen LogP contribution in [0.4, 0.5) is 14.7 Å². The fraction of sp³-hybridized carbons (Fsp3) is 0.208. The van der Waals surface area contributed by atoms with E-state index in [1.807, 2.05) is 0 Å². The second-order valence-corrected chi connectivity index (χ2v) is 8.37. The number of aromatic nitrogens is 3. The van der Waals surface area contributed by atoms with Crippen LogP contribution in [0, 0.1) is 12.7 Å². The number of nitrogens with one attached hydrogen (secondary N) is 1. The zero-order valence-corrected chi connectivity index (χ0v) is 18.9. The smallest absolute Gasteiger partial charge is 0.254 e. The Hall–Kier alpha value is -3.56. The molecular formula is C24H22ClF2N5O2. The Balaban J connectivity index is 1.57. The van der Waals surface area contributed by atoms with Crippen LogP contribution in [0.3, 0.4) is 0 Å². The average Bonchev–Trinajstić information content (AvgIpc) is 3.18. The summed E-state index contributed by atoms with van der Waals surface area (Å²) in [6.07, 6.45) is 0.470. The van der Waals surface area contributed by atoms with E-state index in [4.69, 9.17) is 17.3 Å². The van der Waals surface area contributed by atoms with Gasteiger partial charge in [-0.25, -0.2) is 13.3 Å². The van der Waals surface area contributed by atoms with E-state index in [0.29, 0.717) is 27.4 Å². The molecule has 2 aromatic heterocycles. The largest absolute Gasteiger partial charge is 0.388 e. The van der Waals surface area contributed by atoms with Crippen molar-refractivity contribution in [2.24, 2.45) is 0 Å². The van der Waals surface area contributed by atoms with Crippen LogP contribution in [0.1, 0.15) is 34.0 Å². The number of aliphatic hydroxyl groups excluding tert-OH is 1. The van der Waals surface area contributed by atoms with Crippen molar-refractivity contribution in [1.29, 1.82) is 0 Å². The molecule has 4 aromatic rings. The molecule has 10 heteroatoms. The van der Waals surface area contributed by atoms with Crippen LogP contribution in [-0.4, -0.2) is 38.3 Å². The first-order valence-corrected chi connectivity index (χ1v) is 10.9. The highest BCUT2D eigenvalue weighted by atomic mass is 35.5. The van der Waals surface area contributed by atoms with Crippen LogP contribution >= 0.6 is 11.6 Å². The number of alkyl halides is 1. The Morgan fingerprint density at radius 3 is 2.68 bits per heavy atom. The standard InChI is InChI=1S/C24H22ClF2N5O2/c1-13-2-7-18(15-8-9-32-20(10-15)30-24(28)31-32)22(27)21(13)23(34)29-17(12-26)11-19(33)14-3-5-16(25)6-4-14/h2-10,17,19,33H,11-12H2,1H3,(H2,28,31)(H,29,34)/t17-,19+/m0/s1. The number of hydrogen-bond donors (Lipinski definition) is 3. The number of carbonyl (C=O) groups is 1. The summed E-state index contributed by atoms with van der Waals surface area (Å²) < 4.78 is 30.7. The second kappa shape index (κ2) is 9.74. The zero-order valence-electron chi connectivity index (χ0n) is 18.2. The average molecular weight is 486 g/mol. The van der Waals surface area contributed by atoms with Crippen molar-refractivity contribution < 1.29 is 18.7 Å². The number of pyridine rings is 1. The highest BCUT2D eigenvalue weighted by Crippen LogP contribution is 2.28. The van der Waals surface area contributed by atoms with Gasteiger partial charge in [0.25, 0.3) is 5.91 Å². The number of fused-ring (bicyclic) bond motifs is 1. The molecule has 0 fully saturated rings. The van der Waals surface area contributed by atoms with Gasteiger partial charge in [0.2, 0.25) is 5.95 Å². The minimum Gasteiger partial charge on any atom is -0.388 e. The van der Waals surface area contributed by atoms with E-state index in [0.717, 1.165) is 0 Å². The lowest BCUT2D eigenvalue weighted by atomic mass is 9.98. The Morgan fingerprint density at radius 2 is 1.97 bits per heavy atom. The fourth-order valence-electron chi connectivity index (χ4n) is 3.75. The number of benzene rings is 2. The molecule has 7 nitrogen and oxygen atoms in total. The number of hydrogen-bond acceptors (Lipinski definition) is 5. The molecule has 4 N–H and O–H groups in total. The fourth-order valence-corrected chi connectivity index (χ4v) is 3.88. The van der Waals surface area contributed by atoms with Gasteiger partial charge < -0.3 is 16.2 Å². The van der Waals surface area contributed by atoms with Gasteiger partial charge in [-0.3, -0.25) is 4.79 Å². The first-order valence-electron chi connectivity index (χ1n) is 10.5. The lowest BCUT2D eigenvalue weighted by Gasteiger charge is -2.20. The van der Waals surface area contributed by atoms with Crippen molar-refractivity contribution in [1.82, 2.24) is 19.9 Å². The van der Waals surface area contributed by atoms with Crippen molar-refractivity contribution in [3.8, 4) is 11.1 Å². The molecule has 4 rings (SSSR count). The molecule has 2 atom stereocenters. The maximum atomic E-state index is 15.5. The van der Waals surface area contributed by atoms with E-state index >= 15 is 4.39 Å². The van der Waals surface area contributed by atoms with Crippen molar-refractivity contribution in [3.05, 3.63) is 82.3 Å². The molecule has 0 bridgehead atoms. The number of carbonyl (C=O) groups excluding carboxylic acids is 1. The minimum absolute atomic E-state index is 0.0830. The zero-order chi connectivity index (χ0) is 24.4. The molecule has 1 amide bonds. The summed E-state index contributed by atoms with van der Waals surface area (Å²) >= 11 is 5.85. The molecule has 0 saturated carbocycles. The highest BCUT2D eigenvalue weighted by molar-refractivity contribution is 6.30. The van der Waals surface area contributed by atoms with Crippen LogP contribution < -0.4 is 11.1 Å². The van der Waals surface area contributed by atoms with E-state index in [1.165, 1.54) is 4.52 Å². The summed E-state index contributed by atoms with van der Waals surface area (Å²) in [4.78, 5) is 17.0. The van der Waals surface area contributed by atoms with Crippen LogP contribution in [0.5, 0.6) is 0 Å². The normalized spacial score (nSPS) is 13.1. The monoisotopic (exact) mass is 485 g/mol. The molecule has 0 radical (unpaired) electrons. The lowest BCUT2D eigenvalue weighted by molar-refractivity contribution is 0.0891. The third kappa shape index (κ3) is 4.85. The number of nitrogens with two attached hydrogens (primary N) is 1. The maximum Gasteiger partial charge on any atom is 0.254 e. The van der Waals surface area contributed by atoms with Gasteiger partial charge in [0, 0.05) is 23.2 Å². The van der Waals surface area contributed by atoms with Gasteiger partial charge in [-0.2, -0.15) is 4.98 Å². The van der Waals surface area contributed by atoms with E-state index in [-0.39, 0.29) is 23.5 Å². The molecule has 0 spiro atoms. The molecule has 34 heavy (non-hydrogen) atoms. The number of nitrogen functional groups attached to an aromatic ring is 1. The summed E-state index contributed by atoms with van der Waals surface area (Å²) in [5.74, 6) is -1.43. The van der Waals surface area contributed by atoms with Gasteiger partial charge in [0.1, 0.15) is 12.5 Å². The minimum atomic E-state index is -1.03. The van der Waals surface area contributed by atoms with E-state index in [2.05, 4.69) is 15.4 Å². The number of amides is 1. The Morgan fingerprint density at radius 1 is 1.24 bits per heavy atom. The quantitative estimate of drug-likeness (QED) is 0.362. The highest BCUT2D eigenvalue weighted by Gasteiger charge is 2.24. The van der Waals surface area contributed by atoms with Gasteiger partial charge in [-0.1, -0.05) is 35.9 Å². The number of anilines is 1. The summed E-state index contributed by atoms with van der Waals surface area (Å²) in [6, 6.07) is 11.9. The number of nitrogens with zero attached hydrogens (tertiary/aromatic N) is 3. The van der Waals surface area contributed by atoms with Gasteiger partial charge in [-0.05, 0) is 47.9 Å². The molecule has 2 heterocycles. The summed E-state index contributed by atoms with van der Waals surface area (Å²) in [5, 5.41) is 17.4. The lowest BCUT2D eigenvalue weighted by Crippen LogP contribution is -2.38. The number of aryl methyl sites for hydroxylation is 1. The first-order chi connectivity index (χ1) is 16.3. The topological polar surface area (TPSA) is 106 Å². The van der Waals surface area contributed by atoms with E-state index in [1.54, 1.807) is 61.7 Å². The van der Waals surface area contributed by atoms with Crippen molar-refractivity contribution in [2.75, 3.05) is 12.4 Å². The number of rotatable bonds is 7. The molecule has 176 valence electrons. The predicted molar refractivity (Wildman–Crippen MR) is 126 cm³/mol. The predicted octanol–water partition coefficient (Wildman–Crippen LogP) is 4.27. The van der Waals surface area contributed by atoms with E-state index < -0.39 is 30.5 Å². The summed E-state index contributed by atoms with van der Waals surface area (Å²) in [6.45, 7) is 0.666. The van der Waals surface area contributed by atoms with Crippen molar-refractivity contribution in [3.63, 3.8) is 0 Å². The second-order valence-electron chi connectivity index (χ2n) is 7.93. The van der Waals surface area contributed by atoms with Gasteiger partial charge in [0.05, 0.1) is 17.7 Å². The van der Waals surface area contributed by atoms with E-state index in [9.17, 15) is 14.3 Å². The van der Waals surface area contributed by atoms with Gasteiger partial charge in [0.15, 0.2) is 5.65 Å². The maximum absolute atomic E-state index is 15.5. The summed E-state index contributed by atoms with van der Waals surface area (Å²) in [5.41, 5.74) is 7.42. The Kier molecular flexibility index (Phi) is 6.76.